The summed E-state index contributed by atoms with van der Waals surface area (Å²) in [5.41, 5.74) is 0. The zero-order chi connectivity index (χ0) is 11.4. The van der Waals surface area contributed by atoms with Gasteiger partial charge in [0.1, 0.15) is 6.04 Å². The van der Waals surface area contributed by atoms with Crippen molar-refractivity contribution < 1.29 is 20.2 Å². The number of amides is 1. The van der Waals surface area contributed by atoms with Gasteiger partial charge in [0.25, 0.3) is 0 Å². The van der Waals surface area contributed by atoms with Crippen molar-refractivity contribution in [3.63, 3.8) is 0 Å². The molecule has 0 unspecified atom stereocenters. The summed E-state index contributed by atoms with van der Waals surface area (Å²) in [5.74, 6) is -1.28. The Morgan fingerprint density at radius 3 is 2.44 bits per heavy atom. The molecule has 0 radical (unpaired) electrons. The fraction of sp³-hybridized carbons (Fsp3) is 0.800. The van der Waals surface area contributed by atoms with Gasteiger partial charge in [-0.2, -0.15) is 0 Å². The van der Waals surface area contributed by atoms with Crippen LogP contribution < -0.4 is 10.6 Å². The van der Waals surface area contributed by atoms with Gasteiger partial charge < -0.3 is 21.2 Å². The highest BCUT2D eigenvalue weighted by Crippen LogP contribution is 2.07. The summed E-state index contributed by atoms with van der Waals surface area (Å²) in [4.78, 5) is 22.5. The zero-order valence-corrected chi connectivity index (χ0v) is 9.62. The zero-order valence-electron chi connectivity index (χ0n) is 9.62. The molecule has 6 nitrogen and oxygen atoms in total. The number of aliphatic carboxylic acids is 1. The van der Waals surface area contributed by atoms with Crippen molar-refractivity contribution >= 4 is 11.9 Å². The molecule has 0 aliphatic carbocycles. The summed E-state index contributed by atoms with van der Waals surface area (Å²) in [6.07, 6.45) is 1.76. The lowest BCUT2D eigenvalue weighted by molar-refractivity contribution is -0.143. The quantitative estimate of drug-likeness (QED) is 0.585. The number of hydrogen-bond donors (Lipinski definition) is 3. The highest BCUT2D eigenvalue weighted by Gasteiger charge is 2.28. The summed E-state index contributed by atoms with van der Waals surface area (Å²) in [5, 5.41) is 14.5. The molecule has 1 heterocycles. The lowest BCUT2D eigenvalue weighted by Gasteiger charge is -2.20. The van der Waals surface area contributed by atoms with Gasteiger partial charge in [0.15, 0.2) is 0 Å². The lowest BCUT2D eigenvalue weighted by atomic mass is 10.0. The molecule has 94 valence electrons. The molecule has 6 heteroatoms. The first-order chi connectivity index (χ1) is 7.02. The molecule has 0 aromatic rings. The molecule has 1 fully saturated rings. The Morgan fingerprint density at radius 1 is 1.44 bits per heavy atom. The summed E-state index contributed by atoms with van der Waals surface area (Å²) in [7, 11) is 0. The average molecular weight is 232 g/mol. The van der Waals surface area contributed by atoms with E-state index >= 15 is 0 Å². The van der Waals surface area contributed by atoms with Crippen molar-refractivity contribution in [2.24, 2.45) is 5.92 Å². The van der Waals surface area contributed by atoms with Crippen LogP contribution in [-0.2, 0) is 9.59 Å². The second kappa shape index (κ2) is 6.44. The van der Waals surface area contributed by atoms with Gasteiger partial charge in [-0.1, -0.05) is 13.8 Å². The Bertz CT molecular complexity index is 249. The van der Waals surface area contributed by atoms with E-state index < -0.39 is 12.0 Å². The first-order valence-electron chi connectivity index (χ1n) is 5.29. The molecule has 0 aromatic heterocycles. The molecule has 5 N–H and O–H groups in total. The fourth-order valence-corrected chi connectivity index (χ4v) is 1.68. The Labute approximate surface area is 94.7 Å². The van der Waals surface area contributed by atoms with Crippen molar-refractivity contribution in [2.75, 3.05) is 6.54 Å². The second-order valence-corrected chi connectivity index (χ2v) is 4.22. The van der Waals surface area contributed by atoms with E-state index in [4.69, 9.17) is 5.11 Å². The topological polar surface area (TPSA) is 110 Å². The molecule has 1 amide bonds. The first-order valence-corrected chi connectivity index (χ1v) is 5.29. The van der Waals surface area contributed by atoms with E-state index in [9.17, 15) is 9.59 Å². The number of carboxylic acids is 1. The standard InChI is InChI=1S/C10H18N2O3.H2O/c1-6(2)8(10(14)15)12-9(13)7-4-3-5-11-7;/h6-8,11H,3-5H2,1-2H3,(H,12,13)(H,14,15);1H2/t7-,8-;/m0./s1. The van der Waals surface area contributed by atoms with Crippen LogP contribution in [-0.4, -0.2) is 41.1 Å². The maximum Gasteiger partial charge on any atom is 0.326 e. The number of carbonyl (C=O) groups is 2. The van der Waals surface area contributed by atoms with Crippen LogP contribution in [0.2, 0.25) is 0 Å². The summed E-state index contributed by atoms with van der Waals surface area (Å²) in [6.45, 7) is 4.39. The maximum absolute atomic E-state index is 11.6. The van der Waals surface area contributed by atoms with E-state index in [0.29, 0.717) is 0 Å². The molecule has 1 aliphatic heterocycles. The van der Waals surface area contributed by atoms with Gasteiger partial charge >= 0.3 is 5.97 Å². The molecular formula is C10H20N2O4. The SMILES string of the molecule is CC(C)[C@H](NC(=O)[C@@H]1CCCN1)C(=O)O.O. The van der Waals surface area contributed by atoms with Crippen LogP contribution in [0.15, 0.2) is 0 Å². The third-order valence-corrected chi connectivity index (χ3v) is 2.61. The first kappa shape index (κ1) is 14.9. The van der Waals surface area contributed by atoms with Gasteiger partial charge in [-0.3, -0.25) is 4.79 Å². The van der Waals surface area contributed by atoms with E-state index in [2.05, 4.69) is 10.6 Å². The van der Waals surface area contributed by atoms with Gasteiger partial charge in [-0.05, 0) is 25.3 Å². The minimum absolute atomic E-state index is 0. The largest absolute Gasteiger partial charge is 0.480 e. The molecule has 0 saturated carbocycles. The molecule has 2 atom stereocenters. The monoisotopic (exact) mass is 232 g/mol. The molecule has 1 saturated heterocycles. The predicted molar refractivity (Wildman–Crippen MR) is 59.0 cm³/mol. The van der Waals surface area contributed by atoms with Crippen molar-refractivity contribution in [3.8, 4) is 0 Å². The number of rotatable bonds is 4. The molecule has 16 heavy (non-hydrogen) atoms. The summed E-state index contributed by atoms with van der Waals surface area (Å²) in [6, 6.07) is -1.01. The minimum Gasteiger partial charge on any atom is -0.480 e. The van der Waals surface area contributed by atoms with Gasteiger partial charge in [-0.25, -0.2) is 4.79 Å². The highest BCUT2D eigenvalue weighted by atomic mass is 16.4. The van der Waals surface area contributed by atoms with E-state index in [1.807, 2.05) is 0 Å². The normalized spacial score (nSPS) is 21.3. The smallest absolute Gasteiger partial charge is 0.326 e. The number of hydrogen-bond acceptors (Lipinski definition) is 3. The number of carboxylic acid groups (broad SMARTS) is 1. The molecule has 0 aromatic carbocycles. The van der Waals surface area contributed by atoms with Crippen molar-refractivity contribution in [1.82, 2.24) is 10.6 Å². The number of carbonyl (C=O) groups excluding carboxylic acids is 1. The van der Waals surface area contributed by atoms with E-state index in [-0.39, 0.29) is 23.3 Å². The van der Waals surface area contributed by atoms with Gasteiger partial charge in [0, 0.05) is 0 Å². The fourth-order valence-electron chi connectivity index (χ4n) is 1.68. The third-order valence-electron chi connectivity index (χ3n) is 2.61. The highest BCUT2D eigenvalue weighted by molar-refractivity contribution is 5.87. The van der Waals surface area contributed by atoms with Crippen LogP contribution >= 0.6 is 0 Å². The van der Waals surface area contributed by atoms with Crippen molar-refractivity contribution in [2.45, 2.75) is 38.8 Å². The van der Waals surface area contributed by atoms with Crippen LogP contribution in [0, 0.1) is 5.92 Å². The second-order valence-electron chi connectivity index (χ2n) is 4.22. The molecule has 1 rings (SSSR count). The Kier molecular flexibility index (Phi) is 5.98. The third kappa shape index (κ3) is 3.79. The van der Waals surface area contributed by atoms with Crippen LogP contribution in [0.5, 0.6) is 0 Å². The van der Waals surface area contributed by atoms with Crippen LogP contribution in [0.25, 0.3) is 0 Å². The minimum atomic E-state index is -0.976. The van der Waals surface area contributed by atoms with E-state index in [1.165, 1.54) is 0 Å². The summed E-state index contributed by atoms with van der Waals surface area (Å²) < 4.78 is 0. The van der Waals surface area contributed by atoms with Crippen molar-refractivity contribution in [1.29, 1.82) is 0 Å². The van der Waals surface area contributed by atoms with Gasteiger partial charge in [-0.15, -0.1) is 0 Å². The molecule has 1 aliphatic rings. The average Bonchev–Trinajstić information content (AvgIpc) is 2.65. The van der Waals surface area contributed by atoms with Crippen LogP contribution in [0.1, 0.15) is 26.7 Å². The van der Waals surface area contributed by atoms with Crippen LogP contribution in [0.3, 0.4) is 0 Å². The Hall–Kier alpha value is -1.14. The molecular weight excluding hydrogens is 212 g/mol. The van der Waals surface area contributed by atoms with E-state index in [0.717, 1.165) is 19.4 Å². The lowest BCUT2D eigenvalue weighted by Crippen LogP contribution is -2.50. The van der Waals surface area contributed by atoms with Gasteiger partial charge in [0.05, 0.1) is 6.04 Å². The van der Waals surface area contributed by atoms with Crippen molar-refractivity contribution in [3.05, 3.63) is 0 Å². The van der Waals surface area contributed by atoms with Gasteiger partial charge in [0.2, 0.25) is 5.91 Å². The number of nitrogens with one attached hydrogen (secondary N) is 2. The van der Waals surface area contributed by atoms with E-state index in [1.54, 1.807) is 13.8 Å². The maximum atomic E-state index is 11.6. The van der Waals surface area contributed by atoms with Crippen LogP contribution in [0.4, 0.5) is 0 Å². The predicted octanol–water partition coefficient (Wildman–Crippen LogP) is -0.861. The molecule has 0 spiro atoms. The molecule has 0 bridgehead atoms. The Balaban J connectivity index is 0.00000225. The summed E-state index contributed by atoms with van der Waals surface area (Å²) >= 11 is 0. The Morgan fingerprint density at radius 2 is 2.06 bits per heavy atom.